The Labute approximate surface area is 98.1 Å². The van der Waals surface area contributed by atoms with Crippen molar-refractivity contribution in [3.63, 3.8) is 0 Å². The van der Waals surface area contributed by atoms with Crippen LogP contribution in [0.4, 0.5) is 0 Å². The summed E-state index contributed by atoms with van der Waals surface area (Å²) < 4.78 is 7.56. The molecule has 0 amide bonds. The summed E-state index contributed by atoms with van der Waals surface area (Å²) >= 11 is 0. The summed E-state index contributed by atoms with van der Waals surface area (Å²) in [6.07, 6.45) is 3.32. The van der Waals surface area contributed by atoms with Crippen LogP contribution in [0.3, 0.4) is 0 Å². The molecule has 0 radical (unpaired) electrons. The van der Waals surface area contributed by atoms with Crippen molar-refractivity contribution >= 4 is 11.2 Å². The molecule has 3 rings (SSSR count). The van der Waals surface area contributed by atoms with Gasteiger partial charge in [0, 0.05) is 6.54 Å². The van der Waals surface area contributed by atoms with Gasteiger partial charge in [-0.15, -0.1) is 0 Å². The second kappa shape index (κ2) is 3.69. The lowest BCUT2D eigenvalue weighted by atomic mass is 10.3. The standard InChI is InChI=1S/C12H12N4O/c1-3-16-7-15-11-10(13-6-14-12(11)16)9-5-4-8(2)17-9/h4-7H,3H2,1-2H3. The maximum Gasteiger partial charge on any atom is 0.163 e. The van der Waals surface area contributed by atoms with E-state index in [-0.39, 0.29) is 0 Å². The highest BCUT2D eigenvalue weighted by Gasteiger charge is 2.13. The molecule has 0 aliphatic rings. The molecule has 0 aromatic carbocycles. The van der Waals surface area contributed by atoms with Crippen LogP contribution in [0.15, 0.2) is 29.2 Å². The highest BCUT2D eigenvalue weighted by Crippen LogP contribution is 2.25. The van der Waals surface area contributed by atoms with Crippen LogP contribution < -0.4 is 0 Å². The Morgan fingerprint density at radius 1 is 1.24 bits per heavy atom. The van der Waals surface area contributed by atoms with Gasteiger partial charge in [0.1, 0.15) is 23.3 Å². The molecule has 0 atom stereocenters. The molecule has 0 fully saturated rings. The van der Waals surface area contributed by atoms with Crippen molar-refractivity contribution in [3.05, 3.63) is 30.5 Å². The summed E-state index contributed by atoms with van der Waals surface area (Å²) in [4.78, 5) is 12.9. The van der Waals surface area contributed by atoms with Gasteiger partial charge in [-0.05, 0) is 26.0 Å². The molecular weight excluding hydrogens is 216 g/mol. The van der Waals surface area contributed by atoms with Crippen LogP contribution in [0.2, 0.25) is 0 Å². The van der Waals surface area contributed by atoms with Crippen LogP contribution in [0.1, 0.15) is 12.7 Å². The molecule has 17 heavy (non-hydrogen) atoms. The van der Waals surface area contributed by atoms with E-state index in [0.29, 0.717) is 0 Å². The van der Waals surface area contributed by atoms with Gasteiger partial charge < -0.3 is 8.98 Å². The lowest BCUT2D eigenvalue weighted by Crippen LogP contribution is -1.94. The Morgan fingerprint density at radius 3 is 2.82 bits per heavy atom. The van der Waals surface area contributed by atoms with Gasteiger partial charge >= 0.3 is 0 Å². The van der Waals surface area contributed by atoms with Gasteiger partial charge in [0.25, 0.3) is 0 Å². The summed E-state index contributed by atoms with van der Waals surface area (Å²) in [7, 11) is 0. The minimum Gasteiger partial charge on any atom is -0.460 e. The fourth-order valence-corrected chi connectivity index (χ4v) is 1.85. The molecule has 0 bridgehead atoms. The fourth-order valence-electron chi connectivity index (χ4n) is 1.85. The van der Waals surface area contributed by atoms with E-state index in [2.05, 4.69) is 21.9 Å². The van der Waals surface area contributed by atoms with Crippen LogP contribution >= 0.6 is 0 Å². The zero-order valence-electron chi connectivity index (χ0n) is 9.71. The first-order valence-electron chi connectivity index (χ1n) is 5.52. The molecule has 0 aliphatic carbocycles. The van der Waals surface area contributed by atoms with E-state index in [1.54, 1.807) is 12.7 Å². The quantitative estimate of drug-likeness (QED) is 0.675. The van der Waals surface area contributed by atoms with Gasteiger partial charge in [-0.2, -0.15) is 0 Å². The molecule has 3 heterocycles. The maximum absolute atomic E-state index is 5.58. The Hall–Kier alpha value is -2.17. The van der Waals surface area contributed by atoms with Gasteiger partial charge in [-0.1, -0.05) is 0 Å². The van der Waals surface area contributed by atoms with Gasteiger partial charge in [0.05, 0.1) is 6.33 Å². The van der Waals surface area contributed by atoms with Crippen LogP contribution in [0.5, 0.6) is 0 Å². The Morgan fingerprint density at radius 2 is 2.12 bits per heavy atom. The summed E-state index contributed by atoms with van der Waals surface area (Å²) in [5, 5.41) is 0. The zero-order chi connectivity index (χ0) is 11.8. The average molecular weight is 228 g/mol. The number of aryl methyl sites for hydroxylation is 2. The van der Waals surface area contributed by atoms with Gasteiger partial charge in [-0.3, -0.25) is 0 Å². The second-order valence-corrected chi connectivity index (χ2v) is 3.84. The van der Waals surface area contributed by atoms with E-state index >= 15 is 0 Å². The Balaban J connectivity index is 2.26. The van der Waals surface area contributed by atoms with E-state index in [1.165, 1.54) is 0 Å². The van der Waals surface area contributed by atoms with E-state index in [1.807, 2.05) is 23.6 Å². The number of hydrogen-bond donors (Lipinski definition) is 0. The molecule has 0 aliphatic heterocycles. The zero-order valence-corrected chi connectivity index (χ0v) is 9.71. The van der Waals surface area contributed by atoms with E-state index in [0.717, 1.165) is 34.9 Å². The predicted molar refractivity (Wildman–Crippen MR) is 63.4 cm³/mol. The number of rotatable bonds is 2. The van der Waals surface area contributed by atoms with E-state index in [9.17, 15) is 0 Å². The molecule has 86 valence electrons. The number of hydrogen-bond acceptors (Lipinski definition) is 4. The third kappa shape index (κ3) is 1.51. The van der Waals surface area contributed by atoms with Crippen molar-refractivity contribution in [1.29, 1.82) is 0 Å². The minimum atomic E-state index is 0.733. The Kier molecular flexibility index (Phi) is 2.18. The molecule has 3 aromatic heterocycles. The summed E-state index contributed by atoms with van der Waals surface area (Å²) in [5.41, 5.74) is 2.37. The van der Waals surface area contributed by atoms with E-state index in [4.69, 9.17) is 4.42 Å². The first-order valence-corrected chi connectivity index (χ1v) is 5.52. The van der Waals surface area contributed by atoms with E-state index < -0.39 is 0 Å². The monoisotopic (exact) mass is 228 g/mol. The number of fused-ring (bicyclic) bond motifs is 1. The topological polar surface area (TPSA) is 56.7 Å². The largest absolute Gasteiger partial charge is 0.460 e. The smallest absolute Gasteiger partial charge is 0.163 e. The van der Waals surface area contributed by atoms with Crippen LogP contribution in [0, 0.1) is 6.92 Å². The number of aromatic nitrogens is 4. The lowest BCUT2D eigenvalue weighted by Gasteiger charge is -1.99. The van der Waals surface area contributed by atoms with Crippen molar-refractivity contribution in [2.75, 3.05) is 0 Å². The third-order valence-electron chi connectivity index (χ3n) is 2.72. The van der Waals surface area contributed by atoms with Crippen molar-refractivity contribution in [1.82, 2.24) is 19.5 Å². The molecule has 0 spiro atoms. The molecular formula is C12H12N4O. The van der Waals surface area contributed by atoms with Crippen LogP contribution in [-0.4, -0.2) is 19.5 Å². The summed E-state index contributed by atoms with van der Waals surface area (Å²) in [5.74, 6) is 1.60. The Bertz CT molecular complexity index is 668. The van der Waals surface area contributed by atoms with Gasteiger partial charge in [0.15, 0.2) is 11.4 Å². The SMILES string of the molecule is CCn1cnc2c(-c3ccc(C)o3)ncnc21. The van der Waals surface area contributed by atoms with Crippen molar-refractivity contribution in [3.8, 4) is 11.5 Å². The highest BCUT2D eigenvalue weighted by molar-refractivity contribution is 5.85. The molecule has 0 unspecified atom stereocenters. The number of nitrogens with zero attached hydrogens (tertiary/aromatic N) is 4. The first-order chi connectivity index (χ1) is 8.29. The molecule has 0 saturated heterocycles. The van der Waals surface area contributed by atoms with Crippen LogP contribution in [-0.2, 0) is 6.54 Å². The van der Waals surface area contributed by atoms with Gasteiger partial charge in [-0.25, -0.2) is 15.0 Å². The summed E-state index contributed by atoms with van der Waals surface area (Å²) in [6.45, 7) is 4.80. The second-order valence-electron chi connectivity index (χ2n) is 3.84. The van der Waals surface area contributed by atoms with Crippen molar-refractivity contribution in [2.45, 2.75) is 20.4 Å². The average Bonchev–Trinajstić information content (AvgIpc) is 2.94. The normalized spacial score (nSPS) is 11.2. The molecule has 3 aromatic rings. The number of imidazole rings is 1. The molecule has 5 heteroatoms. The summed E-state index contributed by atoms with van der Waals surface area (Å²) in [6, 6.07) is 3.82. The minimum absolute atomic E-state index is 0.733. The van der Waals surface area contributed by atoms with Crippen molar-refractivity contribution < 1.29 is 4.42 Å². The molecule has 0 N–H and O–H groups in total. The highest BCUT2D eigenvalue weighted by atomic mass is 16.3. The molecule has 0 saturated carbocycles. The van der Waals surface area contributed by atoms with Crippen LogP contribution in [0.25, 0.3) is 22.6 Å². The fraction of sp³-hybridized carbons (Fsp3) is 0.250. The van der Waals surface area contributed by atoms with Crippen molar-refractivity contribution in [2.24, 2.45) is 0 Å². The predicted octanol–water partition coefficient (Wildman–Crippen LogP) is 2.41. The number of furan rings is 1. The maximum atomic E-state index is 5.58. The lowest BCUT2D eigenvalue weighted by molar-refractivity contribution is 0.547. The third-order valence-corrected chi connectivity index (χ3v) is 2.72. The van der Waals surface area contributed by atoms with Gasteiger partial charge in [0.2, 0.25) is 0 Å². The first kappa shape index (κ1) is 10.0. The molecule has 5 nitrogen and oxygen atoms in total.